The van der Waals surface area contributed by atoms with E-state index in [1.54, 1.807) is 0 Å². The molecule has 0 rings (SSSR count). The zero-order valence-corrected chi connectivity index (χ0v) is 10.2. The van der Waals surface area contributed by atoms with E-state index in [9.17, 15) is 8.42 Å². The third-order valence-corrected chi connectivity index (χ3v) is 3.33. The first kappa shape index (κ1) is 14.8. The van der Waals surface area contributed by atoms with Gasteiger partial charge < -0.3 is 10.5 Å². The summed E-state index contributed by atoms with van der Waals surface area (Å²) in [5, 5.41) is 0. The lowest BCUT2D eigenvalue weighted by Crippen LogP contribution is -2.28. The van der Waals surface area contributed by atoms with Crippen LogP contribution in [-0.4, -0.2) is 40.5 Å². The second-order valence-electron chi connectivity index (χ2n) is 3.26. The fourth-order valence-electron chi connectivity index (χ4n) is 1.05. The Hall–Kier alpha value is -0.170. The van der Waals surface area contributed by atoms with E-state index in [1.165, 1.54) is 0 Å². The first-order chi connectivity index (χ1) is 7.12. The van der Waals surface area contributed by atoms with Crippen molar-refractivity contribution in [3.63, 3.8) is 0 Å². The lowest BCUT2D eigenvalue weighted by atomic mass is 10.3. The van der Waals surface area contributed by atoms with Gasteiger partial charge in [0, 0.05) is 19.8 Å². The highest BCUT2D eigenvalue weighted by atomic mass is 32.2. The third-order valence-electron chi connectivity index (χ3n) is 1.86. The number of hydrogen-bond donors (Lipinski definition) is 2. The Morgan fingerprint density at radius 3 is 2.60 bits per heavy atom. The topological polar surface area (TPSA) is 81.4 Å². The van der Waals surface area contributed by atoms with Crippen molar-refractivity contribution >= 4 is 10.0 Å². The highest BCUT2D eigenvalue weighted by Gasteiger charge is 2.07. The van der Waals surface area contributed by atoms with Gasteiger partial charge in [-0.2, -0.15) is 0 Å². The normalized spacial score (nSPS) is 11.9. The van der Waals surface area contributed by atoms with Gasteiger partial charge >= 0.3 is 0 Å². The van der Waals surface area contributed by atoms with E-state index < -0.39 is 10.0 Å². The maximum absolute atomic E-state index is 11.3. The van der Waals surface area contributed by atoms with E-state index in [2.05, 4.69) is 4.72 Å². The first-order valence-electron chi connectivity index (χ1n) is 5.37. The zero-order chi connectivity index (χ0) is 11.6. The van der Waals surface area contributed by atoms with Gasteiger partial charge in [-0.1, -0.05) is 0 Å². The third kappa shape index (κ3) is 10.1. The molecule has 5 nitrogen and oxygen atoms in total. The number of hydrogen-bond acceptors (Lipinski definition) is 4. The zero-order valence-electron chi connectivity index (χ0n) is 9.37. The molecule has 0 atom stereocenters. The summed E-state index contributed by atoms with van der Waals surface area (Å²) in [5.41, 5.74) is 5.28. The summed E-state index contributed by atoms with van der Waals surface area (Å²) in [7, 11) is -3.10. The molecule has 0 radical (unpaired) electrons. The number of nitrogens with two attached hydrogens (primary N) is 1. The predicted octanol–water partition coefficient (Wildman–Crippen LogP) is 0.0713. The first-order valence-corrected chi connectivity index (χ1v) is 7.02. The molecule has 0 amide bonds. The van der Waals surface area contributed by atoms with Crippen molar-refractivity contribution in [1.29, 1.82) is 0 Å². The van der Waals surface area contributed by atoms with E-state index in [0.717, 1.165) is 6.42 Å². The van der Waals surface area contributed by atoms with Crippen LogP contribution < -0.4 is 10.5 Å². The van der Waals surface area contributed by atoms with Gasteiger partial charge in [0.15, 0.2) is 0 Å². The quantitative estimate of drug-likeness (QED) is 0.528. The van der Waals surface area contributed by atoms with Gasteiger partial charge in [-0.25, -0.2) is 13.1 Å². The lowest BCUT2D eigenvalue weighted by Gasteiger charge is -2.06. The number of sulfonamides is 1. The maximum Gasteiger partial charge on any atom is 0.211 e. The molecule has 0 aliphatic carbocycles. The Labute approximate surface area is 92.4 Å². The molecule has 0 aromatic heterocycles. The molecular formula is C9H22N2O3S. The number of rotatable bonds is 10. The van der Waals surface area contributed by atoms with E-state index in [1.807, 2.05) is 6.92 Å². The van der Waals surface area contributed by atoms with Crippen molar-refractivity contribution in [1.82, 2.24) is 4.72 Å². The van der Waals surface area contributed by atoms with Crippen LogP contribution in [0, 0.1) is 0 Å². The van der Waals surface area contributed by atoms with Gasteiger partial charge in [0.2, 0.25) is 10.0 Å². The van der Waals surface area contributed by atoms with Gasteiger partial charge in [-0.15, -0.1) is 0 Å². The largest absolute Gasteiger partial charge is 0.382 e. The summed E-state index contributed by atoms with van der Waals surface area (Å²) in [6.07, 6.45) is 2.08. The second kappa shape index (κ2) is 9.08. The van der Waals surface area contributed by atoms with Gasteiger partial charge in [-0.3, -0.25) is 0 Å². The Balaban J connectivity index is 3.47. The molecule has 0 bridgehead atoms. The summed E-state index contributed by atoms with van der Waals surface area (Å²) in [5.74, 6) is 0.166. The predicted molar refractivity (Wildman–Crippen MR) is 61.2 cm³/mol. The minimum absolute atomic E-state index is 0.166. The van der Waals surface area contributed by atoms with Crippen LogP contribution in [0.5, 0.6) is 0 Å². The fraction of sp³-hybridized carbons (Fsp3) is 1.00. The van der Waals surface area contributed by atoms with E-state index in [-0.39, 0.29) is 5.75 Å². The van der Waals surface area contributed by atoms with Crippen molar-refractivity contribution in [3.8, 4) is 0 Å². The molecular weight excluding hydrogens is 216 g/mol. The van der Waals surface area contributed by atoms with Crippen LogP contribution in [0.2, 0.25) is 0 Å². The highest BCUT2D eigenvalue weighted by molar-refractivity contribution is 7.89. The van der Waals surface area contributed by atoms with Crippen molar-refractivity contribution in [2.75, 3.05) is 32.1 Å². The molecule has 0 saturated carbocycles. The van der Waals surface area contributed by atoms with Crippen LogP contribution >= 0.6 is 0 Å². The summed E-state index contributed by atoms with van der Waals surface area (Å²) in [4.78, 5) is 0. The number of unbranched alkanes of at least 4 members (excludes halogenated alkanes) is 1. The van der Waals surface area contributed by atoms with Gasteiger partial charge in [0.05, 0.1) is 5.75 Å². The summed E-state index contributed by atoms with van der Waals surface area (Å²) in [6, 6.07) is 0. The standard InChI is InChI=1S/C9H22N2O3S/c1-2-14-8-5-7-11-15(12,13)9-4-3-6-10/h11H,2-10H2,1H3. The molecule has 92 valence electrons. The molecule has 0 unspecified atom stereocenters. The molecule has 3 N–H and O–H groups in total. The molecule has 0 aliphatic rings. The van der Waals surface area contributed by atoms with Crippen LogP contribution in [0.1, 0.15) is 26.2 Å². The summed E-state index contributed by atoms with van der Waals surface area (Å²) >= 11 is 0. The average molecular weight is 238 g/mol. The molecule has 0 saturated heterocycles. The van der Waals surface area contributed by atoms with Crippen LogP contribution in [-0.2, 0) is 14.8 Å². The molecule has 0 aromatic carbocycles. The Kier molecular flexibility index (Phi) is 8.98. The molecule has 0 aromatic rings. The highest BCUT2D eigenvalue weighted by Crippen LogP contribution is 1.93. The van der Waals surface area contributed by atoms with Gasteiger partial charge in [-0.05, 0) is 32.7 Å². The molecule has 0 aliphatic heterocycles. The minimum Gasteiger partial charge on any atom is -0.382 e. The molecule has 15 heavy (non-hydrogen) atoms. The monoisotopic (exact) mass is 238 g/mol. The van der Waals surface area contributed by atoms with Crippen LogP contribution in [0.15, 0.2) is 0 Å². The number of nitrogens with one attached hydrogen (secondary N) is 1. The van der Waals surface area contributed by atoms with Gasteiger partial charge in [0.1, 0.15) is 0 Å². The fourth-order valence-corrected chi connectivity index (χ4v) is 2.24. The van der Waals surface area contributed by atoms with Crippen molar-refractivity contribution < 1.29 is 13.2 Å². The van der Waals surface area contributed by atoms with E-state index >= 15 is 0 Å². The smallest absolute Gasteiger partial charge is 0.211 e. The minimum atomic E-state index is -3.10. The van der Waals surface area contributed by atoms with Crippen molar-refractivity contribution in [2.24, 2.45) is 5.73 Å². The molecule has 6 heteroatoms. The van der Waals surface area contributed by atoms with Gasteiger partial charge in [0.25, 0.3) is 0 Å². The SMILES string of the molecule is CCOCCCNS(=O)(=O)CCCCN. The maximum atomic E-state index is 11.3. The second-order valence-corrected chi connectivity index (χ2v) is 5.19. The van der Waals surface area contributed by atoms with Crippen LogP contribution in [0.3, 0.4) is 0 Å². The Bertz CT molecular complexity index is 230. The van der Waals surface area contributed by atoms with E-state index in [4.69, 9.17) is 10.5 Å². The summed E-state index contributed by atoms with van der Waals surface area (Å²) in [6.45, 7) is 4.17. The van der Waals surface area contributed by atoms with Crippen LogP contribution in [0.4, 0.5) is 0 Å². The Morgan fingerprint density at radius 2 is 2.00 bits per heavy atom. The lowest BCUT2D eigenvalue weighted by molar-refractivity contribution is 0.146. The average Bonchev–Trinajstić information content (AvgIpc) is 2.17. The van der Waals surface area contributed by atoms with Crippen molar-refractivity contribution in [3.05, 3.63) is 0 Å². The van der Waals surface area contributed by atoms with Crippen LogP contribution in [0.25, 0.3) is 0 Å². The van der Waals surface area contributed by atoms with E-state index in [0.29, 0.717) is 39.1 Å². The Morgan fingerprint density at radius 1 is 1.27 bits per heavy atom. The molecule has 0 fully saturated rings. The molecule has 0 heterocycles. The van der Waals surface area contributed by atoms with Crippen molar-refractivity contribution in [2.45, 2.75) is 26.2 Å². The summed E-state index contributed by atoms with van der Waals surface area (Å²) < 4.78 is 30.3. The molecule has 0 spiro atoms. The number of ether oxygens (including phenoxy) is 1.